The van der Waals surface area contributed by atoms with Gasteiger partial charge < -0.3 is 4.90 Å². The molecule has 3 fully saturated rings. The second-order valence-electron chi connectivity index (χ2n) is 10.1. The minimum Gasteiger partial charge on any atom is -0.342 e. The van der Waals surface area contributed by atoms with E-state index in [1.165, 1.54) is 12.4 Å². The Kier molecular flexibility index (Phi) is 4.31. The Morgan fingerprint density at radius 3 is 2.48 bits per heavy atom. The van der Waals surface area contributed by atoms with E-state index in [4.69, 9.17) is 0 Å². The molecule has 2 aromatic heterocycles. The molecule has 7 nitrogen and oxygen atoms in total. The first-order valence-electron chi connectivity index (χ1n) is 10.9. The molecule has 2 aliphatic carbocycles. The van der Waals surface area contributed by atoms with Crippen molar-refractivity contribution in [2.24, 2.45) is 16.2 Å². The van der Waals surface area contributed by atoms with Crippen molar-refractivity contribution in [3.05, 3.63) is 23.8 Å². The second-order valence-corrected chi connectivity index (χ2v) is 10.1. The maximum atomic E-state index is 13.6. The number of fused-ring (bicyclic) bond motifs is 3. The molecule has 1 amide bonds. The zero-order valence-corrected chi connectivity index (χ0v) is 18.1. The van der Waals surface area contributed by atoms with E-state index >= 15 is 0 Å². The van der Waals surface area contributed by atoms with Gasteiger partial charge in [0.05, 0.1) is 5.41 Å². The summed E-state index contributed by atoms with van der Waals surface area (Å²) in [5.41, 5.74) is -1.05. The van der Waals surface area contributed by atoms with E-state index in [0.29, 0.717) is 38.0 Å². The van der Waals surface area contributed by atoms with E-state index in [9.17, 15) is 18.4 Å². The smallest absolute Gasteiger partial charge is 0.280 e. The summed E-state index contributed by atoms with van der Waals surface area (Å²) in [4.78, 5) is 36.7. The zero-order valence-electron chi connectivity index (χ0n) is 18.1. The van der Waals surface area contributed by atoms with Crippen LogP contribution in [0.15, 0.2) is 12.4 Å². The maximum absolute atomic E-state index is 13.6. The first-order chi connectivity index (χ1) is 14.6. The molecule has 0 N–H and O–H groups in total. The Balaban J connectivity index is 1.35. The molecule has 0 radical (unpaired) electrons. The van der Waals surface area contributed by atoms with Crippen molar-refractivity contribution in [2.75, 3.05) is 13.1 Å². The first-order valence-corrected chi connectivity index (χ1v) is 10.9. The summed E-state index contributed by atoms with van der Waals surface area (Å²) >= 11 is 0. The number of ketones is 1. The number of carbonyl (C=O) groups excluding carboxylic acids is 2. The average molecular weight is 431 g/mol. The highest BCUT2D eigenvalue weighted by molar-refractivity contribution is 5.99. The van der Waals surface area contributed by atoms with Crippen LogP contribution in [0.25, 0.3) is 5.78 Å². The van der Waals surface area contributed by atoms with Crippen LogP contribution in [0.1, 0.15) is 76.6 Å². The molecule has 5 rings (SSSR count). The second kappa shape index (κ2) is 6.53. The number of likely N-dealkylation sites (tertiary alicyclic amines) is 1. The number of hydrogen-bond acceptors (Lipinski definition) is 5. The molecule has 2 atom stereocenters. The summed E-state index contributed by atoms with van der Waals surface area (Å²) in [6.45, 7) is 7.22. The number of hydrogen-bond donors (Lipinski definition) is 0. The third kappa shape index (κ3) is 2.58. The summed E-state index contributed by atoms with van der Waals surface area (Å²) in [6, 6.07) is 1.41. The lowest BCUT2D eigenvalue weighted by atomic mass is 9.64. The highest BCUT2D eigenvalue weighted by Crippen LogP contribution is 2.71. The van der Waals surface area contributed by atoms with Crippen molar-refractivity contribution in [3.63, 3.8) is 0 Å². The lowest BCUT2D eigenvalue weighted by Crippen LogP contribution is -2.50. The minimum atomic E-state index is -2.68. The number of halogens is 2. The van der Waals surface area contributed by atoms with Gasteiger partial charge in [0.15, 0.2) is 0 Å². The molecule has 0 aromatic carbocycles. The number of rotatable bonds is 3. The van der Waals surface area contributed by atoms with E-state index in [1.807, 2.05) is 11.8 Å². The number of amides is 1. The summed E-state index contributed by atoms with van der Waals surface area (Å²) in [5.74, 6) is 0.437. The van der Waals surface area contributed by atoms with Crippen LogP contribution in [0.2, 0.25) is 0 Å². The van der Waals surface area contributed by atoms with Gasteiger partial charge >= 0.3 is 0 Å². The molecule has 3 aliphatic rings. The van der Waals surface area contributed by atoms with Gasteiger partial charge in [-0.2, -0.15) is 14.6 Å². The predicted molar refractivity (Wildman–Crippen MR) is 107 cm³/mol. The first kappa shape index (κ1) is 20.5. The van der Waals surface area contributed by atoms with E-state index in [-0.39, 0.29) is 34.5 Å². The summed E-state index contributed by atoms with van der Waals surface area (Å²) in [7, 11) is 0. The fourth-order valence-electron chi connectivity index (χ4n) is 6.23. The largest absolute Gasteiger partial charge is 0.342 e. The molecule has 166 valence electrons. The van der Waals surface area contributed by atoms with Gasteiger partial charge in [-0.3, -0.25) is 9.59 Å². The quantitative estimate of drug-likeness (QED) is 0.743. The van der Waals surface area contributed by atoms with Crippen molar-refractivity contribution in [1.82, 2.24) is 24.5 Å². The summed E-state index contributed by atoms with van der Waals surface area (Å²) < 4.78 is 28.0. The molecule has 2 aromatic rings. The van der Waals surface area contributed by atoms with Crippen molar-refractivity contribution in [2.45, 2.75) is 65.2 Å². The zero-order chi connectivity index (χ0) is 22.2. The molecule has 9 heteroatoms. The van der Waals surface area contributed by atoms with Crippen LogP contribution in [0.3, 0.4) is 0 Å². The topological polar surface area (TPSA) is 80.5 Å². The molecule has 0 spiro atoms. The number of aromatic nitrogens is 4. The van der Waals surface area contributed by atoms with Crippen LogP contribution in [0.5, 0.6) is 0 Å². The van der Waals surface area contributed by atoms with Crippen LogP contribution in [0, 0.1) is 16.2 Å². The van der Waals surface area contributed by atoms with Crippen LogP contribution < -0.4 is 0 Å². The number of piperidine rings is 1. The molecular formula is C22H27F2N5O2. The van der Waals surface area contributed by atoms with Crippen molar-refractivity contribution in [1.29, 1.82) is 0 Å². The van der Waals surface area contributed by atoms with Crippen molar-refractivity contribution >= 4 is 17.5 Å². The highest BCUT2D eigenvalue weighted by atomic mass is 19.3. The fraction of sp³-hybridized carbons (Fsp3) is 0.682. The molecule has 0 unspecified atom stereocenters. The molecule has 1 aliphatic heterocycles. The van der Waals surface area contributed by atoms with Gasteiger partial charge in [0.2, 0.25) is 5.91 Å². The van der Waals surface area contributed by atoms with E-state index in [1.54, 1.807) is 0 Å². The van der Waals surface area contributed by atoms with E-state index in [2.05, 4.69) is 28.9 Å². The molecular weight excluding hydrogens is 404 g/mol. The monoisotopic (exact) mass is 431 g/mol. The third-order valence-corrected chi connectivity index (χ3v) is 8.84. The molecule has 1 saturated heterocycles. The summed E-state index contributed by atoms with van der Waals surface area (Å²) in [6.07, 6.45) is 1.69. The fourth-order valence-corrected chi connectivity index (χ4v) is 6.23. The van der Waals surface area contributed by atoms with Crippen LogP contribution in [-0.2, 0) is 9.59 Å². The Hall–Kier alpha value is -2.45. The number of alkyl halides is 2. The number of carbonyl (C=O) groups is 2. The normalized spacial score (nSPS) is 30.6. The maximum Gasteiger partial charge on any atom is 0.280 e. The molecule has 2 saturated carbocycles. The van der Waals surface area contributed by atoms with Gasteiger partial charge in [-0.05, 0) is 37.2 Å². The lowest BCUT2D eigenvalue weighted by molar-refractivity contribution is -0.149. The van der Waals surface area contributed by atoms with Crippen molar-refractivity contribution < 1.29 is 18.4 Å². The van der Waals surface area contributed by atoms with E-state index in [0.717, 1.165) is 17.4 Å². The van der Waals surface area contributed by atoms with Gasteiger partial charge in [-0.25, -0.2) is 13.8 Å². The van der Waals surface area contributed by atoms with Gasteiger partial charge in [0.1, 0.15) is 17.8 Å². The Labute approximate surface area is 179 Å². The standard InChI is InChI=1S/C22H27F2N5O2/c1-20(2)21(3)6-7-22(20,11-16(21)30)18(31)28-8-4-13(5-9-28)14-10-15(17(23)24)29-19(27-14)25-12-26-29/h10,12-13,17H,4-9,11H2,1-3H3/t21-,22+/m0/s1. The van der Waals surface area contributed by atoms with Crippen LogP contribution in [0.4, 0.5) is 8.78 Å². The predicted octanol–water partition coefficient (Wildman–Crippen LogP) is 3.55. The van der Waals surface area contributed by atoms with Crippen LogP contribution >= 0.6 is 0 Å². The highest BCUT2D eigenvalue weighted by Gasteiger charge is 2.73. The molecule has 2 bridgehead atoms. The Bertz CT molecular complexity index is 1080. The van der Waals surface area contributed by atoms with Gasteiger partial charge in [-0.1, -0.05) is 20.8 Å². The molecule has 31 heavy (non-hydrogen) atoms. The third-order valence-electron chi connectivity index (χ3n) is 8.84. The summed E-state index contributed by atoms with van der Waals surface area (Å²) in [5, 5.41) is 3.83. The molecule has 3 heterocycles. The van der Waals surface area contributed by atoms with Crippen LogP contribution in [-0.4, -0.2) is 49.3 Å². The lowest BCUT2D eigenvalue weighted by Gasteiger charge is -2.43. The van der Waals surface area contributed by atoms with Gasteiger partial charge in [0, 0.05) is 36.5 Å². The van der Waals surface area contributed by atoms with Gasteiger partial charge in [0.25, 0.3) is 12.2 Å². The van der Waals surface area contributed by atoms with Gasteiger partial charge in [-0.15, -0.1) is 0 Å². The minimum absolute atomic E-state index is 0.0205. The SMILES string of the molecule is CC1(C)[C@]2(C(=O)N3CCC(c4cc(C(F)F)n5ncnc5n4)CC3)CC[C@@]1(C)C(=O)C2. The average Bonchev–Trinajstić information content (AvgIpc) is 3.34. The number of Topliss-reactive ketones (excluding diaryl/α,β-unsaturated/α-hetero) is 1. The number of nitrogens with zero attached hydrogens (tertiary/aromatic N) is 5. The van der Waals surface area contributed by atoms with Crippen molar-refractivity contribution in [3.8, 4) is 0 Å². The Morgan fingerprint density at radius 2 is 1.90 bits per heavy atom. The Morgan fingerprint density at radius 1 is 1.19 bits per heavy atom. The van der Waals surface area contributed by atoms with E-state index < -0.39 is 17.3 Å².